The van der Waals surface area contributed by atoms with Gasteiger partial charge in [0, 0.05) is 6.54 Å². The van der Waals surface area contributed by atoms with Crippen molar-refractivity contribution in [3.63, 3.8) is 0 Å². The van der Waals surface area contributed by atoms with Crippen LogP contribution in [0.25, 0.3) is 0 Å². The fraction of sp³-hybridized carbons (Fsp3) is 0.600. The zero-order chi connectivity index (χ0) is 12.5. The van der Waals surface area contributed by atoms with Crippen molar-refractivity contribution in [3.05, 3.63) is 29.8 Å². The van der Waals surface area contributed by atoms with E-state index in [-0.39, 0.29) is 6.10 Å². The average molecular weight is 235 g/mol. The second kappa shape index (κ2) is 8.13. The molecule has 2 heteroatoms. The molecule has 1 aromatic carbocycles. The first-order valence-electron chi connectivity index (χ1n) is 6.68. The molecule has 0 aliphatic heterocycles. The molecule has 0 fully saturated rings. The lowest BCUT2D eigenvalue weighted by molar-refractivity contribution is 0.242. The Morgan fingerprint density at radius 2 is 2.06 bits per heavy atom. The van der Waals surface area contributed by atoms with Gasteiger partial charge in [-0.25, -0.2) is 0 Å². The topological polar surface area (TPSA) is 21.3 Å². The van der Waals surface area contributed by atoms with E-state index in [9.17, 15) is 0 Å². The van der Waals surface area contributed by atoms with Gasteiger partial charge in [0.2, 0.25) is 0 Å². The van der Waals surface area contributed by atoms with E-state index in [1.165, 1.54) is 24.8 Å². The summed E-state index contributed by atoms with van der Waals surface area (Å²) in [6.07, 6.45) is 4.09. The number of rotatable bonds is 8. The van der Waals surface area contributed by atoms with E-state index < -0.39 is 0 Å². The van der Waals surface area contributed by atoms with Crippen LogP contribution >= 0.6 is 0 Å². The fourth-order valence-electron chi connectivity index (χ4n) is 1.73. The molecule has 0 heterocycles. The van der Waals surface area contributed by atoms with E-state index >= 15 is 0 Å². The van der Waals surface area contributed by atoms with Gasteiger partial charge in [0.05, 0.1) is 6.10 Å². The molecule has 0 unspecified atom stereocenters. The van der Waals surface area contributed by atoms with Crippen LogP contribution in [0.1, 0.15) is 45.6 Å². The van der Waals surface area contributed by atoms with Gasteiger partial charge >= 0.3 is 0 Å². The number of nitrogens with one attached hydrogen (secondary N) is 1. The van der Waals surface area contributed by atoms with Gasteiger partial charge in [-0.15, -0.1) is 0 Å². The number of ether oxygens (including phenoxy) is 1. The summed E-state index contributed by atoms with van der Waals surface area (Å²) in [5.41, 5.74) is 1.29. The third kappa shape index (κ3) is 6.32. The van der Waals surface area contributed by atoms with Gasteiger partial charge < -0.3 is 10.1 Å². The lowest BCUT2D eigenvalue weighted by Gasteiger charge is -2.11. The second-order valence-corrected chi connectivity index (χ2v) is 4.70. The minimum absolute atomic E-state index is 0.239. The Labute approximate surface area is 105 Å². The molecule has 1 aromatic rings. The van der Waals surface area contributed by atoms with Gasteiger partial charge in [-0.3, -0.25) is 0 Å². The summed E-state index contributed by atoms with van der Waals surface area (Å²) >= 11 is 0. The number of unbranched alkanes of at least 4 members (excludes halogenated alkanes) is 2. The number of hydrogen-bond acceptors (Lipinski definition) is 2. The first kappa shape index (κ1) is 14.0. The Balaban J connectivity index is 2.32. The highest BCUT2D eigenvalue weighted by Gasteiger charge is 1.99. The summed E-state index contributed by atoms with van der Waals surface area (Å²) in [6, 6.07) is 8.33. The number of benzene rings is 1. The largest absolute Gasteiger partial charge is 0.491 e. The van der Waals surface area contributed by atoms with Gasteiger partial charge in [0.25, 0.3) is 0 Å². The predicted molar refractivity (Wildman–Crippen MR) is 73.4 cm³/mol. The molecule has 0 aliphatic rings. The van der Waals surface area contributed by atoms with E-state index in [1.807, 2.05) is 6.07 Å². The lowest BCUT2D eigenvalue weighted by atomic mass is 10.2. The van der Waals surface area contributed by atoms with E-state index in [0.29, 0.717) is 0 Å². The summed E-state index contributed by atoms with van der Waals surface area (Å²) in [7, 11) is 0. The third-order valence-electron chi connectivity index (χ3n) is 2.56. The molecule has 0 saturated carbocycles. The van der Waals surface area contributed by atoms with Crippen molar-refractivity contribution in [2.45, 2.75) is 52.7 Å². The average Bonchev–Trinajstić information content (AvgIpc) is 2.28. The Morgan fingerprint density at radius 1 is 1.24 bits per heavy atom. The maximum Gasteiger partial charge on any atom is 0.120 e. The molecule has 0 atom stereocenters. The molecule has 0 aromatic heterocycles. The molecular formula is C15H25NO. The van der Waals surface area contributed by atoms with Gasteiger partial charge in [-0.1, -0.05) is 31.9 Å². The smallest absolute Gasteiger partial charge is 0.120 e. The van der Waals surface area contributed by atoms with Gasteiger partial charge in [0.1, 0.15) is 5.75 Å². The maximum atomic E-state index is 5.67. The van der Waals surface area contributed by atoms with Crippen molar-refractivity contribution >= 4 is 0 Å². The second-order valence-electron chi connectivity index (χ2n) is 4.70. The van der Waals surface area contributed by atoms with Crippen LogP contribution in [0.2, 0.25) is 0 Å². The lowest BCUT2D eigenvalue weighted by Crippen LogP contribution is -2.14. The van der Waals surface area contributed by atoms with Crippen LogP contribution in [-0.2, 0) is 6.54 Å². The van der Waals surface area contributed by atoms with Crippen LogP contribution < -0.4 is 10.1 Å². The Hall–Kier alpha value is -1.02. The molecule has 1 N–H and O–H groups in total. The summed E-state index contributed by atoms with van der Waals surface area (Å²) in [5, 5.41) is 3.46. The van der Waals surface area contributed by atoms with Crippen LogP contribution in [0.3, 0.4) is 0 Å². The van der Waals surface area contributed by atoms with Crippen molar-refractivity contribution in [1.82, 2.24) is 5.32 Å². The maximum absolute atomic E-state index is 5.67. The Bertz CT molecular complexity index is 310. The summed E-state index contributed by atoms with van der Waals surface area (Å²) in [4.78, 5) is 0. The highest BCUT2D eigenvalue weighted by Crippen LogP contribution is 2.14. The zero-order valence-corrected chi connectivity index (χ0v) is 11.3. The first-order chi connectivity index (χ1) is 8.22. The van der Waals surface area contributed by atoms with E-state index in [2.05, 4.69) is 44.3 Å². The first-order valence-corrected chi connectivity index (χ1v) is 6.68. The molecule has 1 rings (SSSR count). The monoisotopic (exact) mass is 235 g/mol. The molecule has 0 aliphatic carbocycles. The molecule has 17 heavy (non-hydrogen) atoms. The Kier molecular flexibility index (Phi) is 6.71. The highest BCUT2D eigenvalue weighted by molar-refractivity contribution is 5.28. The van der Waals surface area contributed by atoms with Crippen LogP contribution in [0.4, 0.5) is 0 Å². The van der Waals surface area contributed by atoms with Gasteiger partial charge in [0.15, 0.2) is 0 Å². The molecule has 0 amide bonds. The summed E-state index contributed by atoms with van der Waals surface area (Å²) < 4.78 is 5.67. The van der Waals surface area contributed by atoms with Crippen LogP contribution in [0, 0.1) is 0 Å². The van der Waals surface area contributed by atoms with E-state index in [1.54, 1.807) is 0 Å². The molecule has 0 spiro atoms. The standard InChI is InChI=1S/C15H25NO/c1-4-5-6-10-16-12-14-8-7-9-15(11-14)17-13(2)3/h7-9,11,13,16H,4-6,10,12H2,1-3H3. The van der Waals surface area contributed by atoms with E-state index in [0.717, 1.165) is 18.8 Å². The fourth-order valence-corrected chi connectivity index (χ4v) is 1.73. The molecule has 96 valence electrons. The van der Waals surface area contributed by atoms with Crippen molar-refractivity contribution in [1.29, 1.82) is 0 Å². The Morgan fingerprint density at radius 3 is 2.76 bits per heavy atom. The van der Waals surface area contributed by atoms with Crippen LogP contribution in [-0.4, -0.2) is 12.6 Å². The zero-order valence-electron chi connectivity index (χ0n) is 11.3. The van der Waals surface area contributed by atoms with Crippen LogP contribution in [0.15, 0.2) is 24.3 Å². The minimum atomic E-state index is 0.239. The van der Waals surface area contributed by atoms with Crippen molar-refractivity contribution in [2.75, 3.05) is 6.54 Å². The van der Waals surface area contributed by atoms with E-state index in [4.69, 9.17) is 4.74 Å². The predicted octanol–water partition coefficient (Wildman–Crippen LogP) is 3.75. The molecule has 2 nitrogen and oxygen atoms in total. The quantitative estimate of drug-likeness (QED) is 0.693. The van der Waals surface area contributed by atoms with Crippen LogP contribution in [0.5, 0.6) is 5.75 Å². The molecule has 0 bridgehead atoms. The molecular weight excluding hydrogens is 210 g/mol. The molecule has 0 radical (unpaired) electrons. The normalized spacial score (nSPS) is 10.8. The number of hydrogen-bond donors (Lipinski definition) is 1. The summed E-state index contributed by atoms with van der Waals surface area (Å²) in [6.45, 7) is 8.36. The molecule has 0 saturated heterocycles. The van der Waals surface area contributed by atoms with Crippen molar-refractivity contribution < 1.29 is 4.74 Å². The SMILES string of the molecule is CCCCCNCc1cccc(OC(C)C)c1. The minimum Gasteiger partial charge on any atom is -0.491 e. The van der Waals surface area contributed by atoms with Crippen molar-refractivity contribution in [2.24, 2.45) is 0 Å². The van der Waals surface area contributed by atoms with Gasteiger partial charge in [-0.2, -0.15) is 0 Å². The highest BCUT2D eigenvalue weighted by atomic mass is 16.5. The van der Waals surface area contributed by atoms with Gasteiger partial charge in [-0.05, 0) is 44.5 Å². The van der Waals surface area contributed by atoms with Crippen molar-refractivity contribution in [3.8, 4) is 5.75 Å². The third-order valence-corrected chi connectivity index (χ3v) is 2.56. The summed E-state index contributed by atoms with van der Waals surface area (Å²) in [5.74, 6) is 0.966.